The number of hydrogen-bond acceptors (Lipinski definition) is 6. The third-order valence-corrected chi connectivity index (χ3v) is 10.2. The van der Waals surface area contributed by atoms with E-state index in [1.807, 2.05) is 12.3 Å². The van der Waals surface area contributed by atoms with E-state index in [2.05, 4.69) is 230 Å². The maximum atomic E-state index is 4.65. The number of aromatic nitrogens is 2. The fourth-order valence-electron chi connectivity index (χ4n) is 7.75. The lowest BCUT2D eigenvalue weighted by Crippen LogP contribution is -2.16. The van der Waals surface area contributed by atoms with Crippen molar-refractivity contribution in [3.05, 3.63) is 219 Å². The van der Waals surface area contributed by atoms with Gasteiger partial charge in [0.05, 0.1) is 5.69 Å². The minimum absolute atomic E-state index is 0.692. The number of fused-ring (bicyclic) bond motifs is 9. The zero-order valence-corrected chi connectivity index (χ0v) is 30.5. The molecule has 0 fully saturated rings. The van der Waals surface area contributed by atoms with Crippen molar-refractivity contribution in [1.82, 2.24) is 9.97 Å². The van der Waals surface area contributed by atoms with E-state index in [1.165, 1.54) is 0 Å². The molecule has 1 aliphatic rings. The zero-order valence-electron chi connectivity index (χ0n) is 30.5. The second kappa shape index (κ2) is 14.3. The summed E-state index contributed by atoms with van der Waals surface area (Å²) in [6.45, 7) is 0. The van der Waals surface area contributed by atoms with Gasteiger partial charge in [-0.05, 0) is 127 Å². The van der Waals surface area contributed by atoms with Gasteiger partial charge in [0.25, 0.3) is 0 Å². The maximum Gasteiger partial charge on any atom is 0.161 e. The standard InChI is InChI=1S/C50H36N6/c1-4-15-37(16-5-1)53-40-21-10-23-42(33-40)54(38-17-6-2-7-18-38)44-25-12-27-46(35-44)56(49-30-32-52-50-48(49)29-14-31-51-50)47-28-13-26-45(36-47)55(39-19-8-3-9-20-39)43-24-11-22-41(53)34-43/h1-36H. The van der Waals surface area contributed by atoms with Crippen LogP contribution in [0.5, 0.6) is 0 Å². The van der Waals surface area contributed by atoms with Gasteiger partial charge in [0.1, 0.15) is 0 Å². The molecule has 1 aliphatic heterocycles. The number of para-hydroxylation sites is 3. The summed E-state index contributed by atoms with van der Waals surface area (Å²) in [5.74, 6) is 0. The van der Waals surface area contributed by atoms with Crippen LogP contribution in [0.15, 0.2) is 219 Å². The molecule has 10 rings (SSSR count). The average Bonchev–Trinajstić information content (AvgIpc) is 3.26. The lowest BCUT2D eigenvalue weighted by Gasteiger charge is -2.33. The van der Waals surface area contributed by atoms with E-state index in [0.29, 0.717) is 5.65 Å². The molecule has 0 aliphatic carbocycles. The van der Waals surface area contributed by atoms with Crippen molar-refractivity contribution >= 4 is 79.3 Å². The second-order valence-electron chi connectivity index (χ2n) is 13.6. The van der Waals surface area contributed by atoms with Crippen LogP contribution in [0, 0.1) is 0 Å². The number of rotatable bonds is 4. The van der Waals surface area contributed by atoms with E-state index >= 15 is 0 Å². The summed E-state index contributed by atoms with van der Waals surface area (Å²) in [6, 6.07) is 73.1. The van der Waals surface area contributed by atoms with Crippen LogP contribution in [0.4, 0.5) is 68.2 Å². The first-order valence-electron chi connectivity index (χ1n) is 18.7. The van der Waals surface area contributed by atoms with Gasteiger partial charge >= 0.3 is 0 Å². The zero-order chi connectivity index (χ0) is 37.3. The van der Waals surface area contributed by atoms with Gasteiger partial charge in [-0.1, -0.05) is 78.9 Å². The number of benzene rings is 7. The Morgan fingerprint density at radius 2 is 0.571 bits per heavy atom. The highest BCUT2D eigenvalue weighted by Gasteiger charge is 2.23. The molecular formula is C50H36N6. The summed E-state index contributed by atoms with van der Waals surface area (Å²) >= 11 is 0. The highest BCUT2D eigenvalue weighted by molar-refractivity contribution is 5.97. The Kier molecular flexibility index (Phi) is 8.39. The third kappa shape index (κ3) is 6.05. The largest absolute Gasteiger partial charge is 0.310 e. The molecular weight excluding hydrogens is 685 g/mol. The average molecular weight is 721 g/mol. The lowest BCUT2D eigenvalue weighted by molar-refractivity contribution is 1.21. The monoisotopic (exact) mass is 720 g/mol. The van der Waals surface area contributed by atoms with Crippen LogP contribution in [0.3, 0.4) is 0 Å². The molecule has 0 radical (unpaired) electrons. The van der Waals surface area contributed by atoms with Crippen LogP contribution in [0.1, 0.15) is 0 Å². The van der Waals surface area contributed by atoms with Crippen LogP contribution in [0.25, 0.3) is 11.0 Å². The summed E-state index contributed by atoms with van der Waals surface area (Å²) in [5, 5.41) is 0.960. The van der Waals surface area contributed by atoms with Gasteiger partial charge in [-0.2, -0.15) is 0 Å². The van der Waals surface area contributed by atoms with Gasteiger partial charge in [-0.15, -0.1) is 0 Å². The highest BCUT2D eigenvalue weighted by atomic mass is 15.2. The number of anilines is 12. The van der Waals surface area contributed by atoms with E-state index in [0.717, 1.165) is 73.6 Å². The van der Waals surface area contributed by atoms with E-state index < -0.39 is 0 Å². The molecule has 0 amide bonds. The number of hydrogen-bond donors (Lipinski definition) is 0. The molecule has 7 aromatic carbocycles. The van der Waals surface area contributed by atoms with Crippen LogP contribution in [-0.2, 0) is 0 Å². The van der Waals surface area contributed by atoms with Gasteiger partial charge in [0.2, 0.25) is 0 Å². The molecule has 0 spiro atoms. The van der Waals surface area contributed by atoms with Crippen molar-refractivity contribution in [2.75, 3.05) is 19.6 Å². The Morgan fingerprint density at radius 3 is 0.946 bits per heavy atom. The highest BCUT2D eigenvalue weighted by Crippen LogP contribution is 2.46. The Bertz CT molecular complexity index is 2650. The van der Waals surface area contributed by atoms with Crippen molar-refractivity contribution in [2.24, 2.45) is 0 Å². The molecule has 56 heavy (non-hydrogen) atoms. The maximum absolute atomic E-state index is 4.65. The van der Waals surface area contributed by atoms with Gasteiger partial charge in [0, 0.05) is 80.3 Å². The molecule has 6 nitrogen and oxygen atoms in total. The summed E-state index contributed by atoms with van der Waals surface area (Å²) in [5.41, 5.74) is 13.1. The molecule has 266 valence electrons. The topological polar surface area (TPSA) is 38.7 Å². The van der Waals surface area contributed by atoms with Gasteiger partial charge in [-0.3, -0.25) is 0 Å². The first-order valence-corrected chi connectivity index (χ1v) is 18.7. The molecule has 2 aromatic heterocycles. The Balaban J connectivity index is 1.29. The smallest absolute Gasteiger partial charge is 0.161 e. The minimum Gasteiger partial charge on any atom is -0.310 e. The summed E-state index contributed by atoms with van der Waals surface area (Å²) in [6.07, 6.45) is 3.64. The first-order chi connectivity index (χ1) is 27.8. The molecule has 0 atom stereocenters. The molecule has 0 unspecified atom stereocenters. The Labute approximate surface area is 326 Å². The normalized spacial score (nSPS) is 12.5. The molecule has 0 N–H and O–H groups in total. The predicted octanol–water partition coefficient (Wildman–Crippen LogP) is 13.8. The van der Waals surface area contributed by atoms with E-state index in [-0.39, 0.29) is 0 Å². The Morgan fingerprint density at radius 1 is 0.250 bits per heavy atom. The first kappa shape index (κ1) is 32.9. The van der Waals surface area contributed by atoms with Gasteiger partial charge in [0.15, 0.2) is 5.65 Å². The minimum atomic E-state index is 0.692. The van der Waals surface area contributed by atoms with Crippen molar-refractivity contribution in [3.8, 4) is 0 Å². The summed E-state index contributed by atoms with van der Waals surface area (Å²) in [4.78, 5) is 18.6. The molecule has 0 saturated carbocycles. The quantitative estimate of drug-likeness (QED) is 0.180. The third-order valence-electron chi connectivity index (χ3n) is 10.2. The second-order valence-corrected chi connectivity index (χ2v) is 13.6. The van der Waals surface area contributed by atoms with Crippen LogP contribution in [-0.4, -0.2) is 9.97 Å². The molecule has 9 aromatic rings. The van der Waals surface area contributed by atoms with Crippen LogP contribution < -0.4 is 19.6 Å². The molecule has 6 heteroatoms. The van der Waals surface area contributed by atoms with Crippen molar-refractivity contribution in [3.63, 3.8) is 0 Å². The van der Waals surface area contributed by atoms with Crippen molar-refractivity contribution in [1.29, 1.82) is 0 Å². The summed E-state index contributed by atoms with van der Waals surface area (Å²) < 4.78 is 0. The van der Waals surface area contributed by atoms with Gasteiger partial charge in [-0.25, -0.2) is 9.97 Å². The molecule has 0 saturated heterocycles. The Hall–Kier alpha value is -7.70. The van der Waals surface area contributed by atoms with E-state index in [1.54, 1.807) is 6.20 Å². The SMILES string of the molecule is c1ccc(N2c3cccc(c3)N(c3ccccc3)c3cccc(c3)N(c3ccnc4ncccc34)c3cccc(c3)N(c3ccccc3)c3cccc2c3)cc1. The summed E-state index contributed by atoms with van der Waals surface area (Å²) in [7, 11) is 0. The van der Waals surface area contributed by atoms with Crippen molar-refractivity contribution in [2.45, 2.75) is 0 Å². The van der Waals surface area contributed by atoms with E-state index in [4.69, 9.17) is 0 Å². The fourth-order valence-corrected chi connectivity index (χ4v) is 7.75. The molecule has 3 heterocycles. The molecule has 8 bridgehead atoms. The predicted molar refractivity (Wildman–Crippen MR) is 232 cm³/mol. The van der Waals surface area contributed by atoms with Crippen LogP contribution >= 0.6 is 0 Å². The fraction of sp³-hybridized carbons (Fsp3) is 0. The van der Waals surface area contributed by atoms with Crippen LogP contribution in [0.2, 0.25) is 0 Å². The number of nitrogens with zero attached hydrogens (tertiary/aromatic N) is 6. The van der Waals surface area contributed by atoms with Crippen molar-refractivity contribution < 1.29 is 0 Å². The lowest BCUT2D eigenvalue weighted by atomic mass is 10.1. The number of pyridine rings is 2. The van der Waals surface area contributed by atoms with E-state index in [9.17, 15) is 0 Å². The van der Waals surface area contributed by atoms with Gasteiger partial charge < -0.3 is 19.6 Å².